The predicted molar refractivity (Wildman–Crippen MR) is 65.2 cm³/mol. The molecule has 0 aliphatic carbocycles. The maximum atomic E-state index is 5.65. The Morgan fingerprint density at radius 2 is 1.44 bits per heavy atom. The van der Waals surface area contributed by atoms with Crippen LogP contribution in [-0.4, -0.2) is 0 Å². The van der Waals surface area contributed by atoms with Gasteiger partial charge in [0.2, 0.25) is 0 Å². The van der Waals surface area contributed by atoms with Gasteiger partial charge < -0.3 is 4.74 Å². The van der Waals surface area contributed by atoms with Crippen molar-refractivity contribution in [1.82, 2.24) is 0 Å². The first-order chi connectivity index (χ1) is 7.88. The number of para-hydroxylation sites is 1. The molecule has 0 aliphatic rings. The van der Waals surface area contributed by atoms with Crippen LogP contribution in [0.2, 0.25) is 0 Å². The molecular weight excluding hydrogens is 196 g/mol. The quantitative estimate of drug-likeness (QED) is 0.683. The lowest BCUT2D eigenvalue weighted by Crippen LogP contribution is -1.83. The highest BCUT2D eigenvalue weighted by Gasteiger charge is 1.95. The summed E-state index contributed by atoms with van der Waals surface area (Å²) in [5.74, 6) is 7.13. The number of ether oxygens (including phenoxy) is 1. The molecule has 16 heavy (non-hydrogen) atoms. The zero-order valence-electron chi connectivity index (χ0n) is 8.81. The molecule has 1 radical (unpaired) electrons. The van der Waals surface area contributed by atoms with E-state index in [9.17, 15) is 0 Å². The molecule has 2 rings (SSSR count). The predicted octanol–water partition coefficient (Wildman–Crippen LogP) is 3.66. The van der Waals surface area contributed by atoms with Gasteiger partial charge in [-0.05, 0) is 36.4 Å². The maximum Gasteiger partial charge on any atom is 0.127 e. The number of hydrogen-bond donors (Lipinski definition) is 0. The Balaban J connectivity index is 2.13. The second-order valence-corrected chi connectivity index (χ2v) is 3.24. The monoisotopic (exact) mass is 207 g/mol. The molecule has 1 nitrogen and oxygen atoms in total. The molecule has 0 saturated heterocycles. The lowest BCUT2D eigenvalue weighted by molar-refractivity contribution is 0.482. The third-order valence-electron chi connectivity index (χ3n) is 2.07. The van der Waals surface area contributed by atoms with Gasteiger partial charge in [-0.1, -0.05) is 30.0 Å². The zero-order chi connectivity index (χ0) is 11.2. The van der Waals surface area contributed by atoms with Crippen molar-refractivity contribution >= 4 is 0 Å². The second kappa shape index (κ2) is 5.04. The summed E-state index contributed by atoms with van der Waals surface area (Å²) in [6, 6.07) is 17.3. The summed E-state index contributed by atoms with van der Waals surface area (Å²) < 4.78 is 5.65. The smallest absolute Gasteiger partial charge is 0.127 e. The van der Waals surface area contributed by atoms with E-state index in [0.29, 0.717) is 0 Å². The van der Waals surface area contributed by atoms with E-state index in [0.717, 1.165) is 17.1 Å². The van der Waals surface area contributed by atoms with Crippen LogP contribution in [0, 0.1) is 18.8 Å². The molecule has 0 aliphatic heterocycles. The first kappa shape index (κ1) is 10.3. The largest absolute Gasteiger partial charge is 0.457 e. The fourth-order valence-electron chi connectivity index (χ4n) is 1.33. The highest BCUT2D eigenvalue weighted by molar-refractivity contribution is 5.40. The summed E-state index contributed by atoms with van der Waals surface area (Å²) in [5.41, 5.74) is 0.940. The summed E-state index contributed by atoms with van der Waals surface area (Å²) in [6.45, 7) is 3.48. The van der Waals surface area contributed by atoms with Gasteiger partial charge in [-0.2, -0.15) is 0 Å². The Hall–Kier alpha value is -2.20. The minimum absolute atomic E-state index is 0.806. The molecule has 0 bridgehead atoms. The van der Waals surface area contributed by atoms with Crippen LogP contribution in [-0.2, 0) is 0 Å². The van der Waals surface area contributed by atoms with Crippen molar-refractivity contribution in [2.75, 3.05) is 0 Å². The maximum absolute atomic E-state index is 5.65. The van der Waals surface area contributed by atoms with Crippen LogP contribution < -0.4 is 4.74 Å². The fourth-order valence-corrected chi connectivity index (χ4v) is 1.33. The Bertz CT molecular complexity index is 501. The van der Waals surface area contributed by atoms with Crippen molar-refractivity contribution in [1.29, 1.82) is 0 Å². The highest BCUT2D eigenvalue weighted by atomic mass is 16.5. The second-order valence-electron chi connectivity index (χ2n) is 3.24. The molecule has 0 saturated carbocycles. The van der Waals surface area contributed by atoms with Gasteiger partial charge in [0.1, 0.15) is 11.5 Å². The van der Waals surface area contributed by atoms with Crippen LogP contribution >= 0.6 is 0 Å². The Morgan fingerprint density at radius 1 is 0.812 bits per heavy atom. The lowest BCUT2D eigenvalue weighted by Gasteiger charge is -2.04. The summed E-state index contributed by atoms with van der Waals surface area (Å²) in [5, 5.41) is 0. The summed E-state index contributed by atoms with van der Waals surface area (Å²) in [7, 11) is 0. The fraction of sp³-hybridized carbons (Fsp3) is 0. The van der Waals surface area contributed by atoms with Crippen molar-refractivity contribution in [2.24, 2.45) is 0 Å². The normalized spacial score (nSPS) is 9.06. The van der Waals surface area contributed by atoms with E-state index >= 15 is 0 Å². The number of hydrogen-bond acceptors (Lipinski definition) is 1. The zero-order valence-corrected chi connectivity index (χ0v) is 8.81. The molecule has 1 heteroatoms. The SMILES string of the molecule is [CH2]C#Cc1ccc(Oc2ccccc2)cc1. The van der Waals surface area contributed by atoms with E-state index in [4.69, 9.17) is 4.74 Å². The molecule has 2 aromatic carbocycles. The number of rotatable bonds is 2. The molecule has 0 unspecified atom stereocenters. The van der Waals surface area contributed by atoms with Gasteiger partial charge >= 0.3 is 0 Å². The van der Waals surface area contributed by atoms with E-state index in [1.807, 2.05) is 54.6 Å². The van der Waals surface area contributed by atoms with Crippen LogP contribution in [0.3, 0.4) is 0 Å². The molecule has 0 amide bonds. The van der Waals surface area contributed by atoms with Crippen LogP contribution in [0.5, 0.6) is 11.5 Å². The molecule has 0 atom stereocenters. The van der Waals surface area contributed by atoms with Crippen LogP contribution in [0.25, 0.3) is 0 Å². The highest BCUT2D eigenvalue weighted by Crippen LogP contribution is 2.20. The van der Waals surface area contributed by atoms with E-state index in [1.54, 1.807) is 0 Å². The van der Waals surface area contributed by atoms with E-state index in [-0.39, 0.29) is 0 Å². The third-order valence-corrected chi connectivity index (χ3v) is 2.07. The van der Waals surface area contributed by atoms with Gasteiger partial charge in [-0.15, -0.1) is 0 Å². The Labute approximate surface area is 95.7 Å². The van der Waals surface area contributed by atoms with Crippen LogP contribution in [0.4, 0.5) is 0 Å². The first-order valence-corrected chi connectivity index (χ1v) is 4.99. The van der Waals surface area contributed by atoms with E-state index in [1.165, 1.54) is 0 Å². The summed E-state index contributed by atoms with van der Waals surface area (Å²) in [4.78, 5) is 0. The van der Waals surface area contributed by atoms with Gasteiger partial charge in [0.15, 0.2) is 0 Å². The van der Waals surface area contributed by atoms with Crippen molar-refractivity contribution in [3.63, 3.8) is 0 Å². The molecule has 0 N–H and O–H groups in total. The Morgan fingerprint density at radius 3 is 2.06 bits per heavy atom. The van der Waals surface area contributed by atoms with E-state index < -0.39 is 0 Å². The van der Waals surface area contributed by atoms with Crippen LogP contribution in [0.1, 0.15) is 5.56 Å². The van der Waals surface area contributed by atoms with Gasteiger partial charge in [0.25, 0.3) is 0 Å². The topological polar surface area (TPSA) is 9.23 Å². The van der Waals surface area contributed by atoms with E-state index in [2.05, 4.69) is 18.8 Å². The molecule has 2 aromatic rings. The Kier molecular flexibility index (Phi) is 3.25. The summed E-state index contributed by atoms with van der Waals surface area (Å²) >= 11 is 0. The molecule has 0 heterocycles. The van der Waals surface area contributed by atoms with Crippen molar-refractivity contribution in [3.05, 3.63) is 67.1 Å². The van der Waals surface area contributed by atoms with Gasteiger partial charge in [-0.3, -0.25) is 0 Å². The van der Waals surface area contributed by atoms with Crippen LogP contribution in [0.15, 0.2) is 54.6 Å². The third kappa shape index (κ3) is 2.65. The number of benzene rings is 2. The van der Waals surface area contributed by atoms with Crippen molar-refractivity contribution in [3.8, 4) is 23.3 Å². The molecule has 0 spiro atoms. The standard InChI is InChI=1S/C15H11O/c1-2-6-13-9-11-15(12-10-13)16-14-7-4-3-5-8-14/h3-5,7-12H,1H2. The molecular formula is C15H11O. The van der Waals surface area contributed by atoms with Crippen molar-refractivity contribution < 1.29 is 4.74 Å². The van der Waals surface area contributed by atoms with Gasteiger partial charge in [0.05, 0.1) is 0 Å². The van der Waals surface area contributed by atoms with Gasteiger partial charge in [0, 0.05) is 12.5 Å². The lowest BCUT2D eigenvalue weighted by atomic mass is 10.2. The van der Waals surface area contributed by atoms with Gasteiger partial charge in [-0.25, -0.2) is 0 Å². The molecule has 77 valence electrons. The average Bonchev–Trinajstić information content (AvgIpc) is 2.33. The first-order valence-electron chi connectivity index (χ1n) is 4.99. The van der Waals surface area contributed by atoms with Crippen molar-refractivity contribution in [2.45, 2.75) is 0 Å². The molecule has 0 fully saturated rings. The molecule has 0 aromatic heterocycles. The summed E-state index contributed by atoms with van der Waals surface area (Å²) in [6.07, 6.45) is 0. The minimum atomic E-state index is 0.806. The average molecular weight is 207 g/mol. The minimum Gasteiger partial charge on any atom is -0.457 e.